The molecule has 0 aliphatic carbocycles. The lowest BCUT2D eigenvalue weighted by Gasteiger charge is -2.05. The third kappa shape index (κ3) is 55.0. The highest BCUT2D eigenvalue weighted by molar-refractivity contribution is 5.79. The molecule has 8 nitrogen and oxygen atoms in total. The van der Waals surface area contributed by atoms with E-state index in [1.807, 2.05) is 55.4 Å². The summed E-state index contributed by atoms with van der Waals surface area (Å²) in [6.45, 7) is 22.1. The van der Waals surface area contributed by atoms with Crippen LogP contribution < -0.4 is 16.0 Å². The molecule has 0 aliphatic heterocycles. The van der Waals surface area contributed by atoms with Gasteiger partial charge in [0.25, 0.3) is 0 Å². The minimum atomic E-state index is -0.0459. The highest BCUT2D eigenvalue weighted by Gasteiger charge is 2.00. The highest BCUT2D eigenvalue weighted by atomic mass is 16.5. The fourth-order valence-electron chi connectivity index (χ4n) is 2.03. The molecule has 0 heterocycles. The molecular weight excluding hydrogens is 506 g/mol. The van der Waals surface area contributed by atoms with Crippen LogP contribution in [0.15, 0.2) is 0 Å². The van der Waals surface area contributed by atoms with E-state index in [0.29, 0.717) is 12.8 Å². The van der Waals surface area contributed by atoms with Crippen molar-refractivity contribution in [3.05, 3.63) is 0 Å². The number of carbonyl (C=O) groups is 4. The Morgan fingerprint density at radius 3 is 1.43 bits per heavy atom. The van der Waals surface area contributed by atoms with Crippen LogP contribution in [0, 0.1) is 47.4 Å². The van der Waals surface area contributed by atoms with E-state index in [-0.39, 0.29) is 60.8 Å². The van der Waals surface area contributed by atoms with Gasteiger partial charge in [-0.25, -0.2) is 0 Å². The topological polar surface area (TPSA) is 114 Å². The first-order valence-electron chi connectivity index (χ1n) is 13.3. The molecule has 0 aromatic heterocycles. The maximum Gasteiger partial charge on any atom is 0.232 e. The first-order chi connectivity index (χ1) is 18.6. The van der Waals surface area contributed by atoms with Gasteiger partial charge >= 0.3 is 0 Å². The maximum atomic E-state index is 11.1. The molecule has 8 heteroatoms. The molecule has 3 N–H and O–H groups in total. The van der Waals surface area contributed by atoms with Gasteiger partial charge in [0.2, 0.25) is 17.7 Å². The predicted molar refractivity (Wildman–Crippen MR) is 164 cm³/mol. The summed E-state index contributed by atoms with van der Waals surface area (Å²) in [5.74, 6) is 21.3. The van der Waals surface area contributed by atoms with E-state index >= 15 is 0 Å². The lowest BCUT2D eigenvalue weighted by Crippen LogP contribution is -2.29. The van der Waals surface area contributed by atoms with Crippen molar-refractivity contribution in [3.8, 4) is 47.4 Å². The second-order valence-corrected chi connectivity index (χ2v) is 9.39. The van der Waals surface area contributed by atoms with Crippen molar-refractivity contribution in [1.29, 1.82) is 0 Å². The lowest BCUT2D eigenvalue weighted by molar-refractivity contribution is -0.123. The molecule has 0 unspecified atom stereocenters. The summed E-state index contributed by atoms with van der Waals surface area (Å²) in [4.78, 5) is 42.4. The number of ketones is 1. The van der Waals surface area contributed by atoms with Gasteiger partial charge in [0, 0.05) is 37.9 Å². The minimum Gasteiger partial charge on any atom is -0.371 e. The number of hydrogen-bond acceptors (Lipinski definition) is 5. The summed E-state index contributed by atoms with van der Waals surface area (Å²) in [7, 11) is 0. The summed E-state index contributed by atoms with van der Waals surface area (Å²) in [6, 6.07) is 0.657. The molecule has 0 radical (unpaired) electrons. The van der Waals surface area contributed by atoms with Crippen molar-refractivity contribution in [2.75, 3.05) is 6.61 Å². The third-order valence-electron chi connectivity index (χ3n) is 3.29. The van der Waals surface area contributed by atoms with Crippen LogP contribution in [0.1, 0.15) is 102 Å². The van der Waals surface area contributed by atoms with Gasteiger partial charge in [0.1, 0.15) is 6.61 Å². The monoisotopic (exact) mass is 557 g/mol. The van der Waals surface area contributed by atoms with Gasteiger partial charge in [-0.05, 0) is 99.8 Å². The quantitative estimate of drug-likeness (QED) is 0.374. The Labute approximate surface area is 243 Å². The number of carbonyl (C=O) groups excluding carboxylic acids is 4. The molecule has 3 amide bonds. The number of hydrogen-bond donors (Lipinski definition) is 3. The SMILES string of the molecule is CC#CC#CCC(=O)NC(C)C.CC#CC#CCCC(=O)NC(C)C.CC(=O)COC(C)C.CC(=O)NC(C)C. The zero-order valence-electron chi connectivity index (χ0n) is 26.7. The van der Waals surface area contributed by atoms with Gasteiger partial charge in [-0.15, -0.1) is 0 Å². The molecule has 0 saturated carbocycles. The molecule has 0 atom stereocenters. The summed E-state index contributed by atoms with van der Waals surface area (Å²) in [6.07, 6.45) is 1.43. The van der Waals surface area contributed by atoms with Crippen LogP contribution in [0.3, 0.4) is 0 Å². The minimum absolute atomic E-state index is 0.0370. The second kappa shape index (κ2) is 31.5. The first kappa shape index (κ1) is 43.3. The number of ether oxygens (including phenoxy) is 1. The number of amides is 3. The molecule has 0 saturated heterocycles. The largest absolute Gasteiger partial charge is 0.371 e. The summed E-state index contributed by atoms with van der Waals surface area (Å²) >= 11 is 0. The van der Waals surface area contributed by atoms with Crippen molar-refractivity contribution in [2.24, 2.45) is 0 Å². The molecule has 0 aliphatic rings. The van der Waals surface area contributed by atoms with Gasteiger partial charge in [0.05, 0.1) is 12.5 Å². The van der Waals surface area contributed by atoms with Gasteiger partial charge < -0.3 is 20.7 Å². The van der Waals surface area contributed by atoms with Crippen LogP contribution >= 0.6 is 0 Å². The van der Waals surface area contributed by atoms with E-state index in [1.54, 1.807) is 13.8 Å². The van der Waals surface area contributed by atoms with E-state index in [2.05, 4.69) is 63.3 Å². The van der Waals surface area contributed by atoms with Gasteiger partial charge in [0.15, 0.2) is 5.78 Å². The predicted octanol–water partition coefficient (Wildman–Crippen LogP) is 3.78. The van der Waals surface area contributed by atoms with Gasteiger partial charge in [-0.3, -0.25) is 19.2 Å². The van der Waals surface area contributed by atoms with E-state index in [9.17, 15) is 19.2 Å². The van der Waals surface area contributed by atoms with Crippen LogP contribution in [0.5, 0.6) is 0 Å². The van der Waals surface area contributed by atoms with Crippen molar-refractivity contribution in [3.63, 3.8) is 0 Å². The molecule has 0 spiro atoms. The fourth-order valence-corrected chi connectivity index (χ4v) is 2.03. The molecule has 0 aromatic rings. The molecule has 224 valence electrons. The normalized spacial score (nSPS) is 8.50. The Morgan fingerprint density at radius 2 is 1.10 bits per heavy atom. The zero-order chi connectivity index (χ0) is 31.9. The molecule has 0 rings (SSSR count). The number of nitrogens with one attached hydrogen (secondary N) is 3. The van der Waals surface area contributed by atoms with Crippen molar-refractivity contribution < 1.29 is 23.9 Å². The molecule has 40 heavy (non-hydrogen) atoms. The van der Waals surface area contributed by atoms with Crippen LogP contribution in [0.2, 0.25) is 0 Å². The Morgan fingerprint density at radius 1 is 0.650 bits per heavy atom. The Hall–Kier alpha value is -3.72. The zero-order valence-corrected chi connectivity index (χ0v) is 26.7. The van der Waals surface area contributed by atoms with Gasteiger partial charge in [-0.2, -0.15) is 0 Å². The van der Waals surface area contributed by atoms with Crippen molar-refractivity contribution in [2.45, 2.75) is 127 Å². The Balaban J connectivity index is -0.000000223. The smallest absolute Gasteiger partial charge is 0.232 e. The van der Waals surface area contributed by atoms with E-state index < -0.39 is 0 Å². The summed E-state index contributed by atoms with van der Waals surface area (Å²) in [5.41, 5.74) is 0. The summed E-state index contributed by atoms with van der Waals surface area (Å²) in [5, 5.41) is 8.19. The van der Waals surface area contributed by atoms with Crippen molar-refractivity contribution >= 4 is 23.5 Å². The van der Waals surface area contributed by atoms with Gasteiger partial charge in [-0.1, -0.05) is 23.7 Å². The number of rotatable bonds is 9. The standard InChI is InChI=1S/C11H15NO.C10H13NO.C6H12O2.C5H11NO/c1-4-5-6-7-8-9-11(13)12-10(2)3;1-4-5-6-7-8-10(12)11-9(2)3;1-5(2)8-4-6(3)7;1-4(2)6-5(3)7/h10H,8-9H2,1-3H3,(H,12,13);9H,8H2,1-3H3,(H,11,12);5H,4H2,1-3H3;4H,1-3H3,(H,6,7). The van der Waals surface area contributed by atoms with E-state index in [4.69, 9.17) is 4.74 Å². The number of Topliss-reactive ketones (excluding diaryl/α,β-unsaturated/α-hetero) is 1. The van der Waals surface area contributed by atoms with Crippen LogP contribution in [0.4, 0.5) is 0 Å². The average molecular weight is 558 g/mol. The van der Waals surface area contributed by atoms with E-state index in [1.165, 1.54) is 13.8 Å². The van der Waals surface area contributed by atoms with Crippen LogP contribution in [-0.2, 0) is 23.9 Å². The third-order valence-corrected chi connectivity index (χ3v) is 3.29. The van der Waals surface area contributed by atoms with Crippen LogP contribution in [0.25, 0.3) is 0 Å². The molecule has 0 fully saturated rings. The first-order valence-corrected chi connectivity index (χ1v) is 13.3. The fraction of sp³-hybridized carbons (Fsp3) is 0.625. The van der Waals surface area contributed by atoms with Crippen molar-refractivity contribution in [1.82, 2.24) is 16.0 Å². The lowest BCUT2D eigenvalue weighted by atomic mass is 10.3. The van der Waals surface area contributed by atoms with E-state index in [0.717, 1.165) is 0 Å². The average Bonchev–Trinajstić information content (AvgIpc) is 2.80. The molecule has 0 bridgehead atoms. The highest BCUT2D eigenvalue weighted by Crippen LogP contribution is 1.88. The Kier molecular flexibility index (Phi) is 34.1. The molecule has 0 aromatic carbocycles. The van der Waals surface area contributed by atoms with Crippen LogP contribution in [-0.4, -0.2) is 54.3 Å². The molecular formula is C32H51N3O5. The second-order valence-electron chi connectivity index (χ2n) is 9.39. The maximum absolute atomic E-state index is 11.1. The summed E-state index contributed by atoms with van der Waals surface area (Å²) < 4.78 is 4.95. The Bertz CT molecular complexity index is 967.